The van der Waals surface area contributed by atoms with Crippen molar-refractivity contribution in [2.45, 2.75) is 19.1 Å². The van der Waals surface area contributed by atoms with Gasteiger partial charge in [-0.3, -0.25) is 9.69 Å². The van der Waals surface area contributed by atoms with Crippen LogP contribution in [0.15, 0.2) is 36.4 Å². The Labute approximate surface area is 161 Å². The number of fused-ring (bicyclic) bond motifs is 1. The van der Waals surface area contributed by atoms with Crippen LogP contribution in [0.1, 0.15) is 20.8 Å². The van der Waals surface area contributed by atoms with Gasteiger partial charge in [0.25, 0.3) is 5.91 Å². The Kier molecular flexibility index (Phi) is 4.98. The zero-order chi connectivity index (χ0) is 18.1. The van der Waals surface area contributed by atoms with Gasteiger partial charge in [0.15, 0.2) is 6.10 Å². The number of amides is 1. The zero-order valence-corrected chi connectivity index (χ0v) is 15.8. The number of cyclic esters (lactones) is 1. The van der Waals surface area contributed by atoms with Gasteiger partial charge in [0.1, 0.15) is 0 Å². The largest absolute Gasteiger partial charge is 0.448 e. The van der Waals surface area contributed by atoms with Crippen LogP contribution < -0.4 is 0 Å². The first-order valence-corrected chi connectivity index (χ1v) is 9.84. The molecule has 0 saturated carbocycles. The predicted molar refractivity (Wildman–Crippen MR) is 101 cm³/mol. The van der Waals surface area contributed by atoms with Crippen LogP contribution in [0.25, 0.3) is 0 Å². The standard InChI is InChI=1S/C19H19ClN2O3S/c20-17-6-5-14(26-17)12-21-7-9-22(10-8-21)18(23)16-11-13-3-1-2-4-15(13)19(24)25-16/h1-6,16H,7-12H2. The van der Waals surface area contributed by atoms with Crippen LogP contribution in [-0.2, 0) is 22.5 Å². The molecule has 136 valence electrons. The van der Waals surface area contributed by atoms with Crippen LogP contribution in [0.3, 0.4) is 0 Å². The Bertz CT molecular complexity index is 830. The monoisotopic (exact) mass is 390 g/mol. The quantitative estimate of drug-likeness (QED) is 0.756. The number of nitrogens with zero attached hydrogens (tertiary/aromatic N) is 2. The molecule has 2 aliphatic rings. The number of rotatable bonds is 3. The molecule has 1 saturated heterocycles. The molecule has 7 heteroatoms. The first kappa shape index (κ1) is 17.5. The Hall–Kier alpha value is -1.89. The summed E-state index contributed by atoms with van der Waals surface area (Å²) in [5.74, 6) is -0.495. The molecule has 1 fully saturated rings. The van der Waals surface area contributed by atoms with Crippen LogP contribution >= 0.6 is 22.9 Å². The van der Waals surface area contributed by atoms with Gasteiger partial charge in [-0.25, -0.2) is 4.79 Å². The Morgan fingerprint density at radius 1 is 1.15 bits per heavy atom. The third kappa shape index (κ3) is 3.63. The molecule has 0 N–H and O–H groups in total. The third-order valence-electron chi connectivity index (χ3n) is 4.86. The van der Waals surface area contributed by atoms with Gasteiger partial charge in [-0.2, -0.15) is 0 Å². The van der Waals surface area contributed by atoms with Crippen molar-refractivity contribution >= 4 is 34.8 Å². The normalized spacial score (nSPS) is 20.6. The highest BCUT2D eigenvalue weighted by Crippen LogP contribution is 2.24. The number of hydrogen-bond acceptors (Lipinski definition) is 5. The van der Waals surface area contributed by atoms with E-state index in [-0.39, 0.29) is 5.91 Å². The van der Waals surface area contributed by atoms with Gasteiger partial charge in [0.05, 0.1) is 9.90 Å². The number of thiophene rings is 1. The second kappa shape index (κ2) is 7.39. The van der Waals surface area contributed by atoms with E-state index in [1.807, 2.05) is 35.2 Å². The van der Waals surface area contributed by atoms with Crippen LogP contribution in [0, 0.1) is 0 Å². The molecule has 2 aliphatic heterocycles. The molecule has 4 rings (SSSR count). The molecule has 1 amide bonds. The topological polar surface area (TPSA) is 49.9 Å². The van der Waals surface area contributed by atoms with Crippen LogP contribution in [0.2, 0.25) is 4.34 Å². The summed E-state index contributed by atoms with van der Waals surface area (Å²) in [4.78, 5) is 30.3. The fourth-order valence-electron chi connectivity index (χ4n) is 3.46. The van der Waals surface area contributed by atoms with E-state index in [2.05, 4.69) is 4.90 Å². The van der Waals surface area contributed by atoms with E-state index in [4.69, 9.17) is 16.3 Å². The molecular weight excluding hydrogens is 372 g/mol. The minimum absolute atomic E-state index is 0.0910. The SMILES string of the molecule is O=C1OC(C(=O)N2CCN(Cc3ccc(Cl)s3)CC2)Cc2ccccc21. The molecule has 1 unspecified atom stereocenters. The fraction of sp³-hybridized carbons (Fsp3) is 0.368. The predicted octanol–water partition coefficient (Wildman–Crippen LogP) is 2.83. The van der Waals surface area contributed by atoms with E-state index in [1.165, 1.54) is 4.88 Å². The van der Waals surface area contributed by atoms with Crippen LogP contribution in [-0.4, -0.2) is 54.0 Å². The molecule has 2 aromatic rings. The first-order valence-electron chi connectivity index (χ1n) is 8.64. The van der Waals surface area contributed by atoms with E-state index < -0.39 is 12.1 Å². The average Bonchev–Trinajstić information content (AvgIpc) is 3.06. The van der Waals surface area contributed by atoms with Gasteiger partial charge in [-0.1, -0.05) is 29.8 Å². The van der Waals surface area contributed by atoms with E-state index in [0.717, 1.165) is 29.5 Å². The zero-order valence-electron chi connectivity index (χ0n) is 14.2. The smallest absolute Gasteiger partial charge is 0.339 e. The lowest BCUT2D eigenvalue weighted by Gasteiger charge is -2.36. The van der Waals surface area contributed by atoms with Crippen molar-refractivity contribution in [3.05, 3.63) is 56.7 Å². The van der Waals surface area contributed by atoms with Crippen molar-refractivity contribution in [3.63, 3.8) is 0 Å². The Morgan fingerprint density at radius 3 is 2.65 bits per heavy atom. The third-order valence-corrected chi connectivity index (χ3v) is 6.08. The fourth-order valence-corrected chi connectivity index (χ4v) is 4.59. The van der Waals surface area contributed by atoms with Gasteiger partial charge >= 0.3 is 5.97 Å². The van der Waals surface area contributed by atoms with Crippen molar-refractivity contribution in [2.24, 2.45) is 0 Å². The molecular formula is C19H19ClN2O3S. The maximum absolute atomic E-state index is 12.8. The summed E-state index contributed by atoms with van der Waals surface area (Å²) in [7, 11) is 0. The minimum Gasteiger partial charge on any atom is -0.448 e. The summed E-state index contributed by atoms with van der Waals surface area (Å²) in [6.07, 6.45) is -0.255. The van der Waals surface area contributed by atoms with Crippen molar-refractivity contribution in [1.29, 1.82) is 0 Å². The molecule has 3 heterocycles. The van der Waals surface area contributed by atoms with E-state index in [9.17, 15) is 9.59 Å². The van der Waals surface area contributed by atoms with Gasteiger partial charge in [-0.15, -0.1) is 11.3 Å². The molecule has 1 aromatic heterocycles. The highest BCUT2D eigenvalue weighted by atomic mass is 35.5. The lowest BCUT2D eigenvalue weighted by atomic mass is 9.98. The second-order valence-electron chi connectivity index (χ2n) is 6.56. The summed E-state index contributed by atoms with van der Waals surface area (Å²) in [6, 6.07) is 11.3. The van der Waals surface area contributed by atoms with Crippen molar-refractivity contribution in [2.75, 3.05) is 26.2 Å². The number of carbonyl (C=O) groups excluding carboxylic acids is 2. The van der Waals surface area contributed by atoms with Gasteiger partial charge in [-0.05, 0) is 23.8 Å². The molecule has 1 aromatic carbocycles. The number of benzene rings is 1. The highest BCUT2D eigenvalue weighted by Gasteiger charge is 2.34. The highest BCUT2D eigenvalue weighted by molar-refractivity contribution is 7.16. The maximum Gasteiger partial charge on any atom is 0.339 e. The molecule has 0 bridgehead atoms. The van der Waals surface area contributed by atoms with Gasteiger partial charge < -0.3 is 9.64 Å². The molecule has 26 heavy (non-hydrogen) atoms. The van der Waals surface area contributed by atoms with Gasteiger partial charge in [0.2, 0.25) is 0 Å². The second-order valence-corrected chi connectivity index (χ2v) is 8.36. The minimum atomic E-state index is -0.708. The number of halogens is 1. The summed E-state index contributed by atoms with van der Waals surface area (Å²) in [5, 5.41) is 0. The van der Waals surface area contributed by atoms with Crippen LogP contribution in [0.4, 0.5) is 0 Å². The number of carbonyl (C=O) groups is 2. The van der Waals surface area contributed by atoms with Crippen LogP contribution in [0.5, 0.6) is 0 Å². The number of esters is 1. The number of ether oxygens (including phenoxy) is 1. The molecule has 0 spiro atoms. The van der Waals surface area contributed by atoms with Gasteiger partial charge in [0, 0.05) is 44.0 Å². The lowest BCUT2D eigenvalue weighted by Crippen LogP contribution is -2.52. The number of piperazine rings is 1. The first-order chi connectivity index (χ1) is 12.6. The Morgan fingerprint density at radius 2 is 1.92 bits per heavy atom. The van der Waals surface area contributed by atoms with Crippen molar-refractivity contribution in [3.8, 4) is 0 Å². The van der Waals surface area contributed by atoms with E-state index in [1.54, 1.807) is 17.4 Å². The summed E-state index contributed by atoms with van der Waals surface area (Å²) in [6.45, 7) is 3.75. The summed E-state index contributed by atoms with van der Waals surface area (Å²) >= 11 is 7.57. The summed E-state index contributed by atoms with van der Waals surface area (Å²) < 4.78 is 6.20. The lowest BCUT2D eigenvalue weighted by molar-refractivity contribution is -0.142. The van der Waals surface area contributed by atoms with E-state index >= 15 is 0 Å². The Balaban J connectivity index is 1.35. The summed E-state index contributed by atoms with van der Waals surface area (Å²) in [5.41, 5.74) is 1.45. The molecule has 1 atom stereocenters. The molecule has 0 radical (unpaired) electrons. The molecule has 0 aliphatic carbocycles. The average molecular weight is 391 g/mol. The van der Waals surface area contributed by atoms with E-state index in [0.29, 0.717) is 25.1 Å². The maximum atomic E-state index is 12.8. The molecule has 5 nitrogen and oxygen atoms in total. The number of hydrogen-bond donors (Lipinski definition) is 0. The van der Waals surface area contributed by atoms with Crippen molar-refractivity contribution < 1.29 is 14.3 Å². The van der Waals surface area contributed by atoms with Crippen molar-refractivity contribution in [1.82, 2.24) is 9.80 Å².